The molecule has 2 N–H and O–H groups in total. The number of nitrogens with zero attached hydrogens (tertiary/aromatic N) is 2. The molecule has 1 aromatic rings. The highest BCUT2D eigenvalue weighted by Crippen LogP contribution is 2.37. The lowest BCUT2D eigenvalue weighted by Gasteiger charge is -2.30. The zero-order valence-corrected chi connectivity index (χ0v) is 22.8. The SMILES string of the molecule is CCCCC1=NC(NC(=O)C(CC2CC2)C(O)CCCC)C(=O)N(CC(CC)CC)c2ccccc21. The van der Waals surface area contributed by atoms with Gasteiger partial charge >= 0.3 is 0 Å². The molecule has 0 bridgehead atoms. The van der Waals surface area contributed by atoms with Gasteiger partial charge in [-0.1, -0.05) is 90.8 Å². The molecule has 1 saturated carbocycles. The normalized spacial score (nSPS) is 19.5. The number of hydrogen-bond acceptors (Lipinski definition) is 4. The van der Waals surface area contributed by atoms with Crippen molar-refractivity contribution in [2.75, 3.05) is 11.4 Å². The number of aliphatic imine (C=N–C) groups is 1. The van der Waals surface area contributed by atoms with Crippen molar-refractivity contribution in [3.63, 3.8) is 0 Å². The quantitative estimate of drug-likeness (QED) is 0.318. The highest BCUT2D eigenvalue weighted by Gasteiger charge is 2.38. The van der Waals surface area contributed by atoms with E-state index in [0.29, 0.717) is 31.2 Å². The maximum absolute atomic E-state index is 14.0. The van der Waals surface area contributed by atoms with Crippen LogP contribution in [0.2, 0.25) is 0 Å². The number of nitrogens with one attached hydrogen (secondary N) is 1. The van der Waals surface area contributed by atoms with Gasteiger partial charge in [0, 0.05) is 17.8 Å². The Morgan fingerprint density at radius 3 is 2.44 bits per heavy atom. The number of carbonyl (C=O) groups excluding carboxylic acids is 2. The molecule has 2 amide bonds. The first-order valence-electron chi connectivity index (χ1n) is 14.4. The third kappa shape index (κ3) is 7.41. The number of rotatable bonds is 15. The molecule has 3 unspecified atom stereocenters. The van der Waals surface area contributed by atoms with Crippen molar-refractivity contribution >= 4 is 23.2 Å². The first kappa shape index (κ1) is 28.4. The van der Waals surface area contributed by atoms with Gasteiger partial charge in [0.15, 0.2) is 0 Å². The predicted molar refractivity (Wildman–Crippen MR) is 147 cm³/mol. The van der Waals surface area contributed by atoms with E-state index in [1.807, 2.05) is 29.2 Å². The summed E-state index contributed by atoms with van der Waals surface area (Å²) in [4.78, 5) is 34.3. The molecule has 0 saturated heterocycles. The molecule has 200 valence electrons. The third-order valence-corrected chi connectivity index (χ3v) is 7.87. The number of carbonyl (C=O) groups is 2. The van der Waals surface area contributed by atoms with Crippen molar-refractivity contribution in [1.29, 1.82) is 0 Å². The first-order chi connectivity index (χ1) is 17.4. The molecule has 36 heavy (non-hydrogen) atoms. The summed E-state index contributed by atoms with van der Waals surface area (Å²) >= 11 is 0. The lowest BCUT2D eigenvalue weighted by molar-refractivity contribution is -0.133. The fourth-order valence-electron chi connectivity index (χ4n) is 5.14. The molecule has 0 radical (unpaired) electrons. The van der Waals surface area contributed by atoms with Crippen molar-refractivity contribution < 1.29 is 14.7 Å². The van der Waals surface area contributed by atoms with Gasteiger partial charge in [-0.3, -0.25) is 14.6 Å². The number of aliphatic hydroxyl groups is 1. The number of benzodiazepines with no additional fused rings is 1. The van der Waals surface area contributed by atoms with Crippen LogP contribution in [-0.2, 0) is 9.59 Å². The van der Waals surface area contributed by atoms with Gasteiger partial charge in [0.25, 0.3) is 5.91 Å². The van der Waals surface area contributed by atoms with Gasteiger partial charge in [-0.2, -0.15) is 0 Å². The fourth-order valence-corrected chi connectivity index (χ4v) is 5.14. The van der Waals surface area contributed by atoms with Crippen LogP contribution in [0.5, 0.6) is 0 Å². The van der Waals surface area contributed by atoms with Gasteiger partial charge in [-0.05, 0) is 43.6 Å². The zero-order chi connectivity index (χ0) is 26.1. The summed E-state index contributed by atoms with van der Waals surface area (Å²) in [7, 11) is 0. The monoisotopic (exact) mass is 497 g/mol. The Balaban J connectivity index is 1.93. The molecule has 3 atom stereocenters. The largest absolute Gasteiger partial charge is 0.392 e. The second-order valence-electron chi connectivity index (χ2n) is 10.7. The molecule has 1 heterocycles. The van der Waals surface area contributed by atoms with Crippen LogP contribution in [-0.4, -0.2) is 41.4 Å². The standard InChI is InChI=1S/C30H47N3O3/c1-5-9-14-25-23-13-11-12-15-26(23)33(20-21(7-3)8-4)30(36)28(31-25)32-29(35)24(19-22-17-18-22)27(34)16-10-6-2/h11-13,15,21-22,24,27-28,34H,5-10,14,16-20H2,1-4H3,(H,32,35). The first-order valence-corrected chi connectivity index (χ1v) is 14.4. The molecule has 6 nitrogen and oxygen atoms in total. The number of aliphatic hydroxyl groups excluding tert-OH is 1. The van der Waals surface area contributed by atoms with Crippen LogP contribution < -0.4 is 10.2 Å². The zero-order valence-electron chi connectivity index (χ0n) is 22.8. The van der Waals surface area contributed by atoms with E-state index in [9.17, 15) is 14.7 Å². The Hall–Kier alpha value is -2.21. The van der Waals surface area contributed by atoms with Crippen molar-refractivity contribution in [3.8, 4) is 0 Å². The average Bonchev–Trinajstić information content (AvgIpc) is 3.72. The van der Waals surface area contributed by atoms with E-state index in [1.165, 1.54) is 0 Å². The van der Waals surface area contributed by atoms with Crippen molar-refractivity contribution in [1.82, 2.24) is 5.32 Å². The van der Waals surface area contributed by atoms with Crippen LogP contribution in [0.15, 0.2) is 29.3 Å². The molecule has 1 fully saturated rings. The number of unbranched alkanes of at least 4 members (excludes halogenated alkanes) is 2. The fraction of sp³-hybridized carbons (Fsp3) is 0.700. The predicted octanol–water partition coefficient (Wildman–Crippen LogP) is 5.86. The minimum absolute atomic E-state index is 0.178. The molecule has 3 rings (SSSR count). The second kappa shape index (κ2) is 13.9. The molecular formula is C30H47N3O3. The lowest BCUT2D eigenvalue weighted by atomic mass is 9.91. The third-order valence-electron chi connectivity index (χ3n) is 7.87. The molecule has 1 aliphatic heterocycles. The summed E-state index contributed by atoms with van der Waals surface area (Å²) in [5.74, 6) is -0.0438. The smallest absolute Gasteiger partial charge is 0.272 e. The molecule has 0 aromatic heterocycles. The van der Waals surface area contributed by atoms with Gasteiger partial charge in [0.2, 0.25) is 12.1 Å². The Bertz CT molecular complexity index is 891. The van der Waals surface area contributed by atoms with E-state index in [0.717, 1.165) is 74.7 Å². The summed E-state index contributed by atoms with van der Waals surface area (Å²) < 4.78 is 0. The van der Waals surface area contributed by atoms with Crippen molar-refractivity contribution in [2.45, 2.75) is 111 Å². The van der Waals surface area contributed by atoms with Crippen molar-refractivity contribution in [3.05, 3.63) is 29.8 Å². The number of anilines is 1. The summed E-state index contributed by atoms with van der Waals surface area (Å²) in [5, 5.41) is 13.9. The minimum atomic E-state index is -0.966. The van der Waals surface area contributed by atoms with Crippen LogP contribution >= 0.6 is 0 Å². The van der Waals surface area contributed by atoms with Gasteiger partial charge in [0.1, 0.15) is 0 Å². The van der Waals surface area contributed by atoms with Crippen LogP contribution in [0, 0.1) is 17.8 Å². The van der Waals surface area contributed by atoms with Gasteiger partial charge in [-0.25, -0.2) is 0 Å². The number of fused-ring (bicyclic) bond motifs is 1. The van der Waals surface area contributed by atoms with Crippen molar-refractivity contribution in [2.24, 2.45) is 22.7 Å². The van der Waals surface area contributed by atoms with Gasteiger partial charge < -0.3 is 15.3 Å². The highest BCUT2D eigenvalue weighted by molar-refractivity contribution is 6.13. The van der Waals surface area contributed by atoms with Gasteiger partial charge in [-0.15, -0.1) is 0 Å². The number of para-hydroxylation sites is 1. The maximum Gasteiger partial charge on any atom is 0.272 e. The molecule has 1 aromatic carbocycles. The lowest BCUT2D eigenvalue weighted by Crippen LogP contribution is -2.51. The van der Waals surface area contributed by atoms with E-state index in [2.05, 4.69) is 33.0 Å². The van der Waals surface area contributed by atoms with E-state index >= 15 is 0 Å². The summed E-state index contributed by atoms with van der Waals surface area (Å²) in [6, 6.07) is 8.02. The summed E-state index contributed by atoms with van der Waals surface area (Å²) in [6.45, 7) is 9.16. The van der Waals surface area contributed by atoms with E-state index in [-0.39, 0.29) is 11.8 Å². The minimum Gasteiger partial charge on any atom is -0.392 e. The Morgan fingerprint density at radius 1 is 1.11 bits per heavy atom. The Kier molecular flexibility index (Phi) is 11.0. The van der Waals surface area contributed by atoms with Crippen LogP contribution in [0.4, 0.5) is 5.69 Å². The molecular weight excluding hydrogens is 450 g/mol. The number of hydrogen-bond donors (Lipinski definition) is 2. The number of amides is 2. The van der Waals surface area contributed by atoms with E-state index in [1.54, 1.807) is 0 Å². The van der Waals surface area contributed by atoms with E-state index in [4.69, 9.17) is 4.99 Å². The van der Waals surface area contributed by atoms with Crippen LogP contribution in [0.25, 0.3) is 0 Å². The maximum atomic E-state index is 14.0. The molecule has 2 aliphatic rings. The van der Waals surface area contributed by atoms with Crippen LogP contribution in [0.3, 0.4) is 0 Å². The average molecular weight is 498 g/mol. The topological polar surface area (TPSA) is 82.0 Å². The summed E-state index contributed by atoms with van der Waals surface area (Å²) in [5.41, 5.74) is 2.75. The summed E-state index contributed by atoms with van der Waals surface area (Å²) in [6.07, 6.45) is 8.45. The Labute approximate surface area is 218 Å². The van der Waals surface area contributed by atoms with Crippen LogP contribution in [0.1, 0.15) is 104 Å². The van der Waals surface area contributed by atoms with Gasteiger partial charge in [0.05, 0.1) is 17.7 Å². The second-order valence-corrected chi connectivity index (χ2v) is 10.7. The molecule has 0 spiro atoms. The number of benzene rings is 1. The Morgan fingerprint density at radius 2 is 1.81 bits per heavy atom. The molecule has 1 aliphatic carbocycles. The highest BCUT2D eigenvalue weighted by atomic mass is 16.3. The molecule has 6 heteroatoms. The van der Waals surface area contributed by atoms with E-state index < -0.39 is 18.2 Å².